The first-order valence-corrected chi connectivity index (χ1v) is 8.97. The first-order valence-electron chi connectivity index (χ1n) is 6.37. The van der Waals surface area contributed by atoms with Gasteiger partial charge in [-0.3, -0.25) is 0 Å². The summed E-state index contributed by atoms with van der Waals surface area (Å²) in [4.78, 5) is 0.0548. The Morgan fingerprint density at radius 1 is 1.50 bits per heavy atom. The number of sulfonamides is 1. The maximum Gasteiger partial charge on any atom is 0.243 e. The molecular weight excluding hydrogens is 301 g/mol. The maximum absolute atomic E-state index is 13.7. The summed E-state index contributed by atoms with van der Waals surface area (Å²) in [5.74, 6) is 0.969. The number of halogens is 1. The lowest BCUT2D eigenvalue weighted by Gasteiger charge is -2.32. The van der Waals surface area contributed by atoms with E-state index < -0.39 is 22.4 Å². The average molecular weight is 319 g/mol. The van der Waals surface area contributed by atoms with Crippen molar-refractivity contribution < 1.29 is 17.9 Å². The van der Waals surface area contributed by atoms with Gasteiger partial charge in [0.15, 0.2) is 0 Å². The van der Waals surface area contributed by atoms with Gasteiger partial charge >= 0.3 is 0 Å². The normalized spacial score (nSPS) is 21.1. The molecule has 1 unspecified atom stereocenters. The summed E-state index contributed by atoms with van der Waals surface area (Å²) in [6.45, 7) is 3.32. The van der Waals surface area contributed by atoms with Gasteiger partial charge in [0.05, 0.1) is 11.5 Å². The number of aliphatic hydroxyl groups is 1. The minimum atomic E-state index is -3.64. The van der Waals surface area contributed by atoms with Crippen LogP contribution < -0.4 is 0 Å². The van der Waals surface area contributed by atoms with Gasteiger partial charge in [0, 0.05) is 29.7 Å². The molecule has 1 N–H and O–H groups in total. The molecule has 1 saturated heterocycles. The van der Waals surface area contributed by atoms with E-state index in [9.17, 15) is 12.8 Å². The Balaban J connectivity index is 2.46. The van der Waals surface area contributed by atoms with Gasteiger partial charge in [-0.2, -0.15) is 16.1 Å². The van der Waals surface area contributed by atoms with Crippen molar-refractivity contribution in [3.63, 3.8) is 0 Å². The molecule has 0 amide bonds. The maximum atomic E-state index is 13.7. The van der Waals surface area contributed by atoms with Gasteiger partial charge in [-0.25, -0.2) is 12.8 Å². The van der Waals surface area contributed by atoms with Gasteiger partial charge in [-0.05, 0) is 31.5 Å². The molecule has 1 fully saturated rings. The minimum absolute atomic E-state index is 0.0163. The number of nitrogens with zero attached hydrogens (tertiary/aromatic N) is 1. The van der Waals surface area contributed by atoms with Crippen LogP contribution in [0.4, 0.5) is 4.39 Å². The predicted octanol–water partition coefficient (Wildman–Crippen LogP) is 1.75. The topological polar surface area (TPSA) is 57.6 Å². The molecule has 112 valence electrons. The third kappa shape index (κ3) is 2.86. The summed E-state index contributed by atoms with van der Waals surface area (Å²) in [6, 6.07) is 2.48. The highest BCUT2D eigenvalue weighted by Crippen LogP contribution is 2.27. The van der Waals surface area contributed by atoms with Crippen LogP contribution in [0.2, 0.25) is 0 Å². The van der Waals surface area contributed by atoms with E-state index in [1.165, 1.54) is 23.4 Å². The molecular formula is C13H18FNO3S2. The van der Waals surface area contributed by atoms with Crippen LogP contribution in [0.3, 0.4) is 0 Å². The van der Waals surface area contributed by atoms with Gasteiger partial charge in [0.2, 0.25) is 10.0 Å². The standard InChI is InChI=1S/C13H18FNO3S2/c1-9-5-12(6-11(7-16)13(9)14)20(17,18)15-3-4-19-8-10(15)2/h5-6,10,16H,3-4,7-8H2,1-2H3. The van der Waals surface area contributed by atoms with Crippen LogP contribution in [-0.2, 0) is 16.6 Å². The number of aliphatic hydroxyl groups excluding tert-OH is 1. The lowest BCUT2D eigenvalue weighted by Crippen LogP contribution is -2.44. The van der Waals surface area contributed by atoms with Crippen LogP contribution in [0.1, 0.15) is 18.1 Å². The lowest BCUT2D eigenvalue weighted by atomic mass is 10.1. The fourth-order valence-electron chi connectivity index (χ4n) is 2.28. The highest BCUT2D eigenvalue weighted by atomic mass is 32.2. The van der Waals surface area contributed by atoms with Crippen molar-refractivity contribution in [3.05, 3.63) is 29.1 Å². The summed E-state index contributed by atoms with van der Waals surface area (Å²) in [5, 5.41) is 9.14. The van der Waals surface area contributed by atoms with E-state index in [1.54, 1.807) is 11.8 Å². The molecule has 1 aromatic rings. The van der Waals surface area contributed by atoms with Crippen LogP contribution in [0.25, 0.3) is 0 Å². The van der Waals surface area contributed by atoms with Crippen molar-refractivity contribution in [2.24, 2.45) is 0 Å². The van der Waals surface area contributed by atoms with E-state index >= 15 is 0 Å². The van der Waals surface area contributed by atoms with Crippen molar-refractivity contribution in [1.29, 1.82) is 0 Å². The fourth-order valence-corrected chi connectivity index (χ4v) is 5.27. The van der Waals surface area contributed by atoms with E-state index in [2.05, 4.69) is 0 Å². The molecule has 4 nitrogen and oxygen atoms in total. The summed E-state index contributed by atoms with van der Waals surface area (Å²) in [7, 11) is -3.64. The molecule has 0 aromatic heterocycles. The van der Waals surface area contributed by atoms with Crippen LogP contribution in [0.15, 0.2) is 17.0 Å². The molecule has 1 atom stereocenters. The average Bonchev–Trinajstić information content (AvgIpc) is 2.41. The molecule has 1 aliphatic heterocycles. The molecule has 20 heavy (non-hydrogen) atoms. The summed E-state index contributed by atoms with van der Waals surface area (Å²) >= 11 is 1.73. The Morgan fingerprint density at radius 2 is 2.20 bits per heavy atom. The van der Waals surface area contributed by atoms with Gasteiger partial charge in [0.25, 0.3) is 0 Å². The van der Waals surface area contributed by atoms with E-state index in [-0.39, 0.29) is 22.1 Å². The second-order valence-electron chi connectivity index (χ2n) is 4.91. The molecule has 1 aromatic carbocycles. The molecule has 0 aliphatic carbocycles. The number of hydrogen-bond acceptors (Lipinski definition) is 4. The first-order chi connectivity index (χ1) is 9.37. The summed E-state index contributed by atoms with van der Waals surface area (Å²) in [6.07, 6.45) is 0. The number of aryl methyl sites for hydroxylation is 1. The second kappa shape index (κ2) is 6.01. The third-order valence-electron chi connectivity index (χ3n) is 3.39. The molecule has 1 heterocycles. The summed E-state index contributed by atoms with van der Waals surface area (Å²) < 4.78 is 40.5. The van der Waals surface area contributed by atoms with Gasteiger partial charge < -0.3 is 5.11 Å². The fraction of sp³-hybridized carbons (Fsp3) is 0.538. The number of benzene rings is 1. The van der Waals surface area contributed by atoms with Crippen molar-refractivity contribution >= 4 is 21.8 Å². The van der Waals surface area contributed by atoms with Crippen molar-refractivity contribution in [3.8, 4) is 0 Å². The number of thioether (sulfide) groups is 1. The quantitative estimate of drug-likeness (QED) is 0.922. The van der Waals surface area contributed by atoms with Crippen LogP contribution >= 0.6 is 11.8 Å². The molecule has 0 radical (unpaired) electrons. The first kappa shape index (κ1) is 15.8. The molecule has 0 spiro atoms. The minimum Gasteiger partial charge on any atom is -0.392 e. The molecule has 1 aliphatic rings. The van der Waals surface area contributed by atoms with E-state index in [4.69, 9.17) is 5.11 Å². The van der Waals surface area contributed by atoms with E-state index in [0.717, 1.165) is 11.5 Å². The van der Waals surface area contributed by atoms with E-state index in [1.807, 2.05) is 6.92 Å². The SMILES string of the molecule is Cc1cc(S(=O)(=O)N2CCSCC2C)cc(CO)c1F. The largest absolute Gasteiger partial charge is 0.392 e. The Hall–Kier alpha value is -0.630. The zero-order chi connectivity index (χ0) is 14.9. The third-order valence-corrected chi connectivity index (χ3v) is 6.57. The Labute approximate surface area is 123 Å². The van der Waals surface area contributed by atoms with Gasteiger partial charge in [-0.15, -0.1) is 0 Å². The lowest BCUT2D eigenvalue weighted by molar-refractivity contribution is 0.275. The highest BCUT2D eigenvalue weighted by molar-refractivity contribution is 7.99. The number of rotatable bonds is 3. The number of hydrogen-bond donors (Lipinski definition) is 1. The van der Waals surface area contributed by atoms with E-state index in [0.29, 0.717) is 6.54 Å². The van der Waals surface area contributed by atoms with Gasteiger partial charge in [-0.1, -0.05) is 0 Å². The Bertz CT molecular complexity index is 604. The predicted molar refractivity (Wildman–Crippen MR) is 77.7 cm³/mol. The van der Waals surface area contributed by atoms with Crippen LogP contribution in [-0.4, -0.2) is 41.9 Å². The molecule has 0 saturated carbocycles. The highest BCUT2D eigenvalue weighted by Gasteiger charge is 2.32. The molecule has 2 rings (SSSR count). The van der Waals surface area contributed by atoms with Crippen molar-refractivity contribution in [2.45, 2.75) is 31.4 Å². The van der Waals surface area contributed by atoms with Crippen molar-refractivity contribution in [2.75, 3.05) is 18.1 Å². The van der Waals surface area contributed by atoms with Gasteiger partial charge in [0.1, 0.15) is 5.82 Å². The smallest absolute Gasteiger partial charge is 0.243 e. The Kier molecular flexibility index (Phi) is 4.73. The Morgan fingerprint density at radius 3 is 2.80 bits per heavy atom. The molecule has 0 bridgehead atoms. The summed E-state index contributed by atoms with van der Waals surface area (Å²) in [5.41, 5.74) is 0.247. The second-order valence-corrected chi connectivity index (χ2v) is 7.95. The zero-order valence-electron chi connectivity index (χ0n) is 11.5. The molecule has 7 heteroatoms. The van der Waals surface area contributed by atoms with Crippen LogP contribution in [0, 0.1) is 12.7 Å². The van der Waals surface area contributed by atoms with Crippen LogP contribution in [0.5, 0.6) is 0 Å². The zero-order valence-corrected chi connectivity index (χ0v) is 13.1. The van der Waals surface area contributed by atoms with Crippen molar-refractivity contribution in [1.82, 2.24) is 4.31 Å². The monoisotopic (exact) mass is 319 g/mol.